The third kappa shape index (κ3) is 36.8. The Morgan fingerprint density at radius 3 is 1.14 bits per heavy atom. The maximum Gasteiger partial charge on any atom is 0.130 e. The molecule has 0 saturated carbocycles. The van der Waals surface area contributed by atoms with Gasteiger partial charge in [0.05, 0.1) is 27.3 Å². The second-order valence-corrected chi connectivity index (χ2v) is 14.3. The van der Waals surface area contributed by atoms with Gasteiger partial charge in [-0.3, -0.25) is 0 Å². The fourth-order valence-corrected chi connectivity index (χ4v) is 6.23. The van der Waals surface area contributed by atoms with Crippen molar-refractivity contribution in [3.05, 3.63) is 0 Å². The van der Waals surface area contributed by atoms with E-state index in [4.69, 9.17) is 9.47 Å². The maximum atomic E-state index is 9.47. The summed E-state index contributed by atoms with van der Waals surface area (Å²) in [6, 6.07) is 0. The van der Waals surface area contributed by atoms with Gasteiger partial charge in [-0.2, -0.15) is 0 Å². The van der Waals surface area contributed by atoms with Gasteiger partial charge in [-0.25, -0.2) is 0 Å². The van der Waals surface area contributed by atoms with Crippen molar-refractivity contribution in [3.8, 4) is 0 Å². The van der Waals surface area contributed by atoms with E-state index in [1.165, 1.54) is 173 Å². The number of halogens is 1. The molecular weight excluding hydrogens is 610 g/mol. The van der Waals surface area contributed by atoms with Crippen LogP contribution in [0.3, 0.4) is 0 Å². The smallest absolute Gasteiger partial charge is 0.130 e. The van der Waals surface area contributed by atoms with E-state index < -0.39 is 0 Å². The van der Waals surface area contributed by atoms with Crippen LogP contribution in [0.4, 0.5) is 0 Å². The van der Waals surface area contributed by atoms with E-state index >= 15 is 0 Å². The van der Waals surface area contributed by atoms with Gasteiger partial charge < -0.3 is 36.0 Å². The van der Waals surface area contributed by atoms with Crippen LogP contribution >= 0.6 is 0 Å². The van der Waals surface area contributed by atoms with Gasteiger partial charge in [-0.1, -0.05) is 181 Å². The topological polar surface area (TPSA) is 38.7 Å². The Bertz CT molecular complexity index is 520. The second-order valence-electron chi connectivity index (χ2n) is 14.3. The Hall–Kier alpha value is 0.320. The second kappa shape index (κ2) is 37.8. The number of unbranched alkanes of at least 4 members (excludes halogenated alkanes) is 26. The quantitative estimate of drug-likeness (QED) is 0.0525. The molecule has 0 saturated heterocycles. The Balaban J connectivity index is 0. The average Bonchev–Trinajstić information content (AvgIpc) is 2.98. The van der Waals surface area contributed by atoms with Crippen molar-refractivity contribution in [2.45, 2.75) is 200 Å². The van der Waals surface area contributed by atoms with Gasteiger partial charge in [0.15, 0.2) is 0 Å². The van der Waals surface area contributed by atoms with Crippen LogP contribution in [-0.2, 0) is 9.47 Å². The lowest BCUT2D eigenvalue weighted by molar-refractivity contribution is -0.893. The zero-order valence-electron chi connectivity index (χ0n) is 30.7. The van der Waals surface area contributed by atoms with E-state index in [2.05, 4.69) is 27.9 Å². The van der Waals surface area contributed by atoms with Crippen molar-refractivity contribution in [1.29, 1.82) is 0 Å². The number of quaternary nitrogens is 1. The van der Waals surface area contributed by atoms with Gasteiger partial charge in [0.2, 0.25) is 0 Å². The van der Waals surface area contributed by atoms with E-state index in [1.807, 2.05) is 0 Å². The van der Waals surface area contributed by atoms with E-state index in [0.29, 0.717) is 6.61 Å². The van der Waals surface area contributed by atoms with Crippen molar-refractivity contribution in [3.63, 3.8) is 0 Å². The van der Waals surface area contributed by atoms with Crippen LogP contribution in [0.15, 0.2) is 0 Å². The zero-order chi connectivity index (χ0) is 31.5. The standard InChI is InChI=1S/C39H82NO3.BrH/c1-5-7-9-11-13-15-17-19-21-23-25-27-29-31-35-42-38-39(37-40(3,4)33-34-41)43-36-32-30-28-26-24-22-20-18-16-14-12-10-8-6-2;/h39,41H,5-38H2,1-4H3;1H/q+1;/p-1. The molecule has 1 N–H and O–H groups in total. The Kier molecular flexibility index (Phi) is 39.9. The highest BCUT2D eigenvalue weighted by atomic mass is 79.9. The lowest BCUT2D eigenvalue weighted by atomic mass is 10.0. The summed E-state index contributed by atoms with van der Waals surface area (Å²) < 4.78 is 13.2. The highest BCUT2D eigenvalue weighted by Gasteiger charge is 2.22. The number of hydrogen-bond acceptors (Lipinski definition) is 3. The van der Waals surface area contributed by atoms with Crippen LogP contribution in [0.25, 0.3) is 0 Å². The molecule has 0 aromatic carbocycles. The SMILES string of the molecule is CCCCCCCCCCCCCCCCOCC(C[N+](C)(C)CCO)OCCCCCCCCCCCCCCCC.[Br-]. The molecule has 0 amide bonds. The molecule has 0 aromatic heterocycles. The number of ether oxygens (including phenoxy) is 2. The van der Waals surface area contributed by atoms with Gasteiger partial charge >= 0.3 is 0 Å². The Labute approximate surface area is 288 Å². The zero-order valence-corrected chi connectivity index (χ0v) is 32.3. The fraction of sp³-hybridized carbons (Fsp3) is 1.00. The maximum absolute atomic E-state index is 9.47. The van der Waals surface area contributed by atoms with Crippen molar-refractivity contribution < 1.29 is 36.0 Å². The van der Waals surface area contributed by atoms with Crippen LogP contribution in [0.1, 0.15) is 194 Å². The van der Waals surface area contributed by atoms with Gasteiger partial charge in [-0.05, 0) is 12.8 Å². The normalized spacial score (nSPS) is 12.5. The first-order valence-corrected chi connectivity index (χ1v) is 19.7. The first-order valence-electron chi connectivity index (χ1n) is 19.7. The third-order valence-electron chi connectivity index (χ3n) is 9.20. The Morgan fingerprint density at radius 2 is 0.795 bits per heavy atom. The minimum absolute atomic E-state index is 0. The highest BCUT2D eigenvalue weighted by Crippen LogP contribution is 2.15. The third-order valence-corrected chi connectivity index (χ3v) is 9.20. The summed E-state index contributed by atoms with van der Waals surface area (Å²) in [7, 11) is 4.37. The molecule has 0 bridgehead atoms. The summed E-state index contributed by atoms with van der Waals surface area (Å²) in [4.78, 5) is 0. The van der Waals surface area contributed by atoms with E-state index in [-0.39, 0.29) is 29.7 Å². The van der Waals surface area contributed by atoms with Gasteiger partial charge in [0.25, 0.3) is 0 Å². The minimum atomic E-state index is 0. The molecule has 0 fully saturated rings. The molecule has 1 atom stereocenters. The number of likely N-dealkylation sites (N-methyl/N-ethyl adjacent to an activating group) is 1. The summed E-state index contributed by atoms with van der Waals surface area (Å²) in [5.41, 5.74) is 0. The number of nitrogens with zero attached hydrogens (tertiary/aromatic N) is 1. The van der Waals surface area contributed by atoms with E-state index in [0.717, 1.165) is 37.2 Å². The molecule has 44 heavy (non-hydrogen) atoms. The number of rotatable bonds is 37. The molecular formula is C39H82BrNO3. The van der Waals surface area contributed by atoms with Gasteiger partial charge in [0.1, 0.15) is 19.2 Å². The van der Waals surface area contributed by atoms with Crippen LogP contribution in [0.2, 0.25) is 0 Å². The first kappa shape index (κ1) is 46.4. The molecule has 1 unspecified atom stereocenters. The predicted molar refractivity (Wildman–Crippen MR) is 190 cm³/mol. The molecule has 0 radical (unpaired) electrons. The molecule has 0 spiro atoms. The molecule has 0 rings (SSSR count). The summed E-state index contributed by atoms with van der Waals surface area (Å²) in [6.07, 6.45) is 38.9. The number of aliphatic hydroxyl groups excluding tert-OH is 1. The molecule has 5 heteroatoms. The van der Waals surface area contributed by atoms with Crippen LogP contribution in [0, 0.1) is 0 Å². The molecule has 4 nitrogen and oxygen atoms in total. The summed E-state index contributed by atoms with van der Waals surface area (Å²) in [5.74, 6) is 0. The van der Waals surface area contributed by atoms with Crippen molar-refractivity contribution in [2.75, 3.05) is 53.6 Å². The molecule has 0 aliphatic rings. The van der Waals surface area contributed by atoms with Crippen LogP contribution < -0.4 is 17.0 Å². The van der Waals surface area contributed by atoms with Crippen molar-refractivity contribution >= 4 is 0 Å². The monoisotopic (exact) mass is 692 g/mol. The number of hydrogen-bond donors (Lipinski definition) is 1. The molecule has 0 aromatic rings. The van der Waals surface area contributed by atoms with Crippen LogP contribution in [0.5, 0.6) is 0 Å². The largest absolute Gasteiger partial charge is 1.00 e. The lowest BCUT2D eigenvalue weighted by Gasteiger charge is -2.32. The minimum Gasteiger partial charge on any atom is -1.00 e. The summed E-state index contributed by atoms with van der Waals surface area (Å²) in [5, 5.41) is 9.47. The first-order chi connectivity index (χ1) is 21.1. The lowest BCUT2D eigenvalue weighted by Crippen LogP contribution is -3.00. The van der Waals surface area contributed by atoms with Crippen molar-refractivity contribution in [2.24, 2.45) is 0 Å². The van der Waals surface area contributed by atoms with Gasteiger partial charge in [-0.15, -0.1) is 0 Å². The van der Waals surface area contributed by atoms with Crippen LogP contribution in [-0.4, -0.2) is 69.3 Å². The van der Waals surface area contributed by atoms with E-state index in [1.54, 1.807) is 0 Å². The van der Waals surface area contributed by atoms with E-state index in [9.17, 15) is 5.11 Å². The van der Waals surface area contributed by atoms with Crippen molar-refractivity contribution in [1.82, 2.24) is 0 Å². The molecule has 0 aliphatic carbocycles. The molecule has 0 heterocycles. The molecule has 0 aliphatic heterocycles. The van der Waals surface area contributed by atoms with Gasteiger partial charge in [0, 0.05) is 13.2 Å². The fourth-order valence-electron chi connectivity index (χ4n) is 6.23. The summed E-state index contributed by atoms with van der Waals surface area (Å²) in [6.45, 7) is 8.85. The highest BCUT2D eigenvalue weighted by molar-refractivity contribution is 4.58. The summed E-state index contributed by atoms with van der Waals surface area (Å²) >= 11 is 0. The Morgan fingerprint density at radius 1 is 0.477 bits per heavy atom. The number of aliphatic hydroxyl groups is 1. The molecule has 268 valence electrons. The average molecular weight is 693 g/mol. The predicted octanol–water partition coefficient (Wildman–Crippen LogP) is 8.42.